The quantitative estimate of drug-likeness (QED) is 0.520. The Bertz CT molecular complexity index is 248. The van der Waals surface area contributed by atoms with E-state index in [0.717, 1.165) is 0 Å². The second-order valence-electron chi connectivity index (χ2n) is 2.72. The standard InChI is InChI=1S/C10H14N2O/c1-2-6-11-8-10(13)9-5-3-4-7-12-9/h2-5,7,10-11,13H,1,6,8H2. The number of nitrogens with one attached hydrogen (secondary N) is 1. The number of aromatic nitrogens is 1. The predicted octanol–water partition coefficient (Wildman–Crippen LogP) is 0.891. The lowest BCUT2D eigenvalue weighted by atomic mass is 10.2. The van der Waals surface area contributed by atoms with Crippen LogP contribution < -0.4 is 5.32 Å². The first-order valence-corrected chi connectivity index (χ1v) is 4.25. The van der Waals surface area contributed by atoms with Crippen LogP contribution in [0.3, 0.4) is 0 Å². The highest BCUT2D eigenvalue weighted by Crippen LogP contribution is 2.06. The van der Waals surface area contributed by atoms with Crippen LogP contribution in [0.2, 0.25) is 0 Å². The molecule has 3 nitrogen and oxygen atoms in total. The van der Waals surface area contributed by atoms with Gasteiger partial charge in [-0.1, -0.05) is 12.1 Å². The summed E-state index contributed by atoms with van der Waals surface area (Å²) >= 11 is 0. The van der Waals surface area contributed by atoms with Crippen molar-refractivity contribution in [3.8, 4) is 0 Å². The van der Waals surface area contributed by atoms with Gasteiger partial charge in [-0.05, 0) is 12.1 Å². The van der Waals surface area contributed by atoms with Crippen molar-refractivity contribution in [3.63, 3.8) is 0 Å². The van der Waals surface area contributed by atoms with Crippen LogP contribution in [-0.4, -0.2) is 23.2 Å². The van der Waals surface area contributed by atoms with Crippen molar-refractivity contribution in [1.82, 2.24) is 10.3 Å². The molecule has 1 aromatic heterocycles. The van der Waals surface area contributed by atoms with E-state index in [2.05, 4.69) is 16.9 Å². The molecular formula is C10H14N2O. The van der Waals surface area contributed by atoms with Gasteiger partial charge in [0.15, 0.2) is 0 Å². The van der Waals surface area contributed by atoms with Crippen LogP contribution >= 0.6 is 0 Å². The molecule has 2 N–H and O–H groups in total. The molecule has 70 valence electrons. The van der Waals surface area contributed by atoms with Gasteiger partial charge in [-0.2, -0.15) is 0 Å². The first-order valence-electron chi connectivity index (χ1n) is 4.25. The van der Waals surface area contributed by atoms with Gasteiger partial charge >= 0.3 is 0 Å². The van der Waals surface area contributed by atoms with E-state index in [1.807, 2.05) is 12.1 Å². The first-order chi connectivity index (χ1) is 6.34. The summed E-state index contributed by atoms with van der Waals surface area (Å²) in [5.41, 5.74) is 0.694. The smallest absolute Gasteiger partial charge is 0.108 e. The van der Waals surface area contributed by atoms with E-state index in [-0.39, 0.29) is 0 Å². The van der Waals surface area contributed by atoms with Crippen LogP contribution in [0.25, 0.3) is 0 Å². The minimum absolute atomic E-state index is 0.503. The summed E-state index contributed by atoms with van der Waals surface area (Å²) in [5.74, 6) is 0. The van der Waals surface area contributed by atoms with Crippen LogP contribution in [0.1, 0.15) is 11.8 Å². The summed E-state index contributed by atoms with van der Waals surface area (Å²) in [6.45, 7) is 4.77. The second-order valence-corrected chi connectivity index (χ2v) is 2.72. The van der Waals surface area contributed by atoms with Crippen LogP contribution in [0.15, 0.2) is 37.1 Å². The summed E-state index contributed by atoms with van der Waals surface area (Å²) in [7, 11) is 0. The van der Waals surface area contributed by atoms with Gasteiger partial charge in [-0.25, -0.2) is 0 Å². The molecule has 1 heterocycles. The Kier molecular flexibility index (Phi) is 4.15. The topological polar surface area (TPSA) is 45.1 Å². The molecule has 0 aromatic carbocycles. The fourth-order valence-electron chi connectivity index (χ4n) is 1.000. The Morgan fingerprint density at radius 1 is 1.62 bits per heavy atom. The number of hydrogen-bond donors (Lipinski definition) is 2. The van der Waals surface area contributed by atoms with Crippen LogP contribution in [-0.2, 0) is 0 Å². The van der Waals surface area contributed by atoms with E-state index < -0.39 is 6.10 Å². The maximum Gasteiger partial charge on any atom is 0.108 e. The molecule has 13 heavy (non-hydrogen) atoms. The lowest BCUT2D eigenvalue weighted by Gasteiger charge is -2.09. The molecule has 0 aliphatic heterocycles. The first kappa shape index (κ1) is 9.89. The maximum absolute atomic E-state index is 9.59. The zero-order valence-electron chi connectivity index (χ0n) is 7.48. The van der Waals surface area contributed by atoms with Crippen molar-refractivity contribution < 1.29 is 5.11 Å². The molecule has 0 fully saturated rings. The molecule has 0 saturated heterocycles. The summed E-state index contributed by atoms with van der Waals surface area (Å²) < 4.78 is 0. The van der Waals surface area contributed by atoms with Gasteiger partial charge in [0, 0.05) is 19.3 Å². The van der Waals surface area contributed by atoms with Crippen molar-refractivity contribution in [3.05, 3.63) is 42.7 Å². The monoisotopic (exact) mass is 178 g/mol. The van der Waals surface area contributed by atoms with Gasteiger partial charge in [0.05, 0.1) is 5.69 Å². The van der Waals surface area contributed by atoms with Gasteiger partial charge in [0.1, 0.15) is 6.10 Å². The molecule has 1 unspecified atom stereocenters. The molecule has 0 amide bonds. The highest BCUT2D eigenvalue weighted by molar-refractivity contribution is 5.06. The van der Waals surface area contributed by atoms with E-state index in [0.29, 0.717) is 18.8 Å². The summed E-state index contributed by atoms with van der Waals surface area (Å²) in [4.78, 5) is 4.04. The molecule has 0 radical (unpaired) electrons. The Morgan fingerprint density at radius 3 is 3.08 bits per heavy atom. The third-order valence-corrected chi connectivity index (χ3v) is 1.66. The van der Waals surface area contributed by atoms with E-state index in [9.17, 15) is 5.11 Å². The van der Waals surface area contributed by atoms with Gasteiger partial charge in [0.25, 0.3) is 0 Å². The van der Waals surface area contributed by atoms with E-state index in [4.69, 9.17) is 0 Å². The minimum Gasteiger partial charge on any atom is -0.385 e. The van der Waals surface area contributed by atoms with Crippen molar-refractivity contribution in [1.29, 1.82) is 0 Å². The molecule has 0 aliphatic rings. The average molecular weight is 178 g/mol. The molecule has 1 rings (SSSR count). The Labute approximate surface area is 78.1 Å². The van der Waals surface area contributed by atoms with Crippen molar-refractivity contribution >= 4 is 0 Å². The summed E-state index contributed by atoms with van der Waals surface area (Å²) in [6, 6.07) is 5.49. The number of nitrogens with zero attached hydrogens (tertiary/aromatic N) is 1. The van der Waals surface area contributed by atoms with Gasteiger partial charge in [-0.3, -0.25) is 4.98 Å². The predicted molar refractivity (Wildman–Crippen MR) is 52.3 cm³/mol. The molecule has 1 aromatic rings. The molecule has 3 heteroatoms. The zero-order valence-corrected chi connectivity index (χ0v) is 7.48. The average Bonchev–Trinajstić information content (AvgIpc) is 2.19. The molecule has 0 bridgehead atoms. The Morgan fingerprint density at radius 2 is 2.46 bits per heavy atom. The van der Waals surface area contributed by atoms with Crippen LogP contribution in [0, 0.1) is 0 Å². The van der Waals surface area contributed by atoms with E-state index >= 15 is 0 Å². The highest BCUT2D eigenvalue weighted by atomic mass is 16.3. The van der Waals surface area contributed by atoms with Crippen molar-refractivity contribution in [2.75, 3.05) is 13.1 Å². The highest BCUT2D eigenvalue weighted by Gasteiger charge is 2.05. The number of aliphatic hydroxyl groups is 1. The zero-order chi connectivity index (χ0) is 9.52. The third-order valence-electron chi connectivity index (χ3n) is 1.66. The summed E-state index contributed by atoms with van der Waals surface area (Å²) in [5, 5.41) is 12.6. The number of rotatable bonds is 5. The van der Waals surface area contributed by atoms with E-state index in [1.165, 1.54) is 0 Å². The number of hydrogen-bond acceptors (Lipinski definition) is 3. The van der Waals surface area contributed by atoms with Gasteiger partial charge < -0.3 is 10.4 Å². The van der Waals surface area contributed by atoms with Crippen molar-refractivity contribution in [2.45, 2.75) is 6.10 Å². The van der Waals surface area contributed by atoms with Crippen molar-refractivity contribution in [2.24, 2.45) is 0 Å². The fourth-order valence-corrected chi connectivity index (χ4v) is 1.000. The third kappa shape index (κ3) is 3.36. The van der Waals surface area contributed by atoms with Gasteiger partial charge in [-0.15, -0.1) is 6.58 Å². The molecule has 0 spiro atoms. The fraction of sp³-hybridized carbons (Fsp3) is 0.300. The summed E-state index contributed by atoms with van der Waals surface area (Å²) in [6.07, 6.45) is 2.89. The Hall–Kier alpha value is -1.19. The molecule has 0 aliphatic carbocycles. The lowest BCUT2D eigenvalue weighted by Crippen LogP contribution is -2.21. The Balaban J connectivity index is 2.39. The van der Waals surface area contributed by atoms with Crippen LogP contribution in [0.5, 0.6) is 0 Å². The molecular weight excluding hydrogens is 164 g/mol. The maximum atomic E-state index is 9.59. The SMILES string of the molecule is C=CCNCC(O)c1ccccn1. The molecule has 0 saturated carbocycles. The van der Waals surface area contributed by atoms with Crippen LogP contribution in [0.4, 0.5) is 0 Å². The lowest BCUT2D eigenvalue weighted by molar-refractivity contribution is 0.171. The second kappa shape index (κ2) is 5.45. The number of pyridine rings is 1. The molecule has 1 atom stereocenters. The van der Waals surface area contributed by atoms with E-state index in [1.54, 1.807) is 18.3 Å². The van der Waals surface area contributed by atoms with Gasteiger partial charge in [0.2, 0.25) is 0 Å². The largest absolute Gasteiger partial charge is 0.385 e. The number of aliphatic hydroxyl groups excluding tert-OH is 1. The normalized spacial score (nSPS) is 12.4. The minimum atomic E-state index is -0.541.